The topological polar surface area (TPSA) is 3.24 Å². The van der Waals surface area contributed by atoms with Crippen molar-refractivity contribution in [2.45, 2.75) is 69.9 Å². The fraction of sp³-hybridized carbons (Fsp3) is 1.00. The zero-order valence-corrected chi connectivity index (χ0v) is 11.3. The molecule has 0 spiro atoms. The molecule has 0 N–H and O–H groups in total. The van der Waals surface area contributed by atoms with E-state index < -0.39 is 0 Å². The molecule has 2 saturated carbocycles. The van der Waals surface area contributed by atoms with Crippen LogP contribution in [0.4, 0.5) is 0 Å². The predicted octanol–water partition coefficient (Wildman–Crippen LogP) is 3.96. The minimum Gasteiger partial charge on any atom is -0.297 e. The Bertz CT molecular complexity index is 171. The smallest absolute Gasteiger partial charge is 0.0159 e. The maximum absolute atomic E-state index is 3.62. The quantitative estimate of drug-likeness (QED) is 0.701. The summed E-state index contributed by atoms with van der Waals surface area (Å²) in [5.74, 6) is 0. The first-order chi connectivity index (χ1) is 7.42. The predicted molar refractivity (Wildman–Crippen MR) is 69.6 cm³/mol. The Morgan fingerprint density at radius 3 is 1.73 bits per heavy atom. The molecule has 15 heavy (non-hydrogen) atoms. The van der Waals surface area contributed by atoms with E-state index >= 15 is 0 Å². The van der Waals surface area contributed by atoms with Crippen molar-refractivity contribution in [1.29, 1.82) is 0 Å². The molecule has 0 aromatic heterocycles. The Morgan fingerprint density at radius 2 is 1.27 bits per heavy atom. The van der Waals surface area contributed by atoms with Crippen LogP contribution >= 0.6 is 15.9 Å². The van der Waals surface area contributed by atoms with Gasteiger partial charge in [-0.15, -0.1) is 0 Å². The van der Waals surface area contributed by atoms with E-state index in [2.05, 4.69) is 20.8 Å². The highest BCUT2D eigenvalue weighted by Crippen LogP contribution is 2.30. The van der Waals surface area contributed by atoms with Crippen molar-refractivity contribution in [1.82, 2.24) is 4.90 Å². The van der Waals surface area contributed by atoms with Crippen molar-refractivity contribution < 1.29 is 0 Å². The second-order valence-electron chi connectivity index (χ2n) is 5.16. The first-order valence-corrected chi connectivity index (χ1v) is 7.85. The third-order valence-electron chi connectivity index (χ3n) is 4.18. The molecule has 1 nitrogen and oxygen atoms in total. The van der Waals surface area contributed by atoms with Gasteiger partial charge >= 0.3 is 0 Å². The van der Waals surface area contributed by atoms with Crippen molar-refractivity contribution >= 4 is 15.9 Å². The lowest BCUT2D eigenvalue weighted by Gasteiger charge is -2.38. The molecule has 2 fully saturated rings. The van der Waals surface area contributed by atoms with Crippen molar-refractivity contribution in [3.8, 4) is 0 Å². The summed E-state index contributed by atoms with van der Waals surface area (Å²) in [4.78, 5) is 2.83. The summed E-state index contributed by atoms with van der Waals surface area (Å²) in [6.45, 7) is 1.27. The van der Waals surface area contributed by atoms with Crippen molar-refractivity contribution in [2.75, 3.05) is 11.9 Å². The third kappa shape index (κ3) is 3.20. The highest BCUT2D eigenvalue weighted by molar-refractivity contribution is 9.09. The molecular weight excluding hydrogens is 250 g/mol. The first kappa shape index (κ1) is 11.9. The molecule has 88 valence electrons. The summed E-state index contributed by atoms with van der Waals surface area (Å²) in [6.07, 6.45) is 13.2. The number of halogens is 1. The third-order valence-corrected chi connectivity index (χ3v) is 4.53. The number of rotatable bonds is 4. The summed E-state index contributed by atoms with van der Waals surface area (Å²) in [5.41, 5.74) is 0. The van der Waals surface area contributed by atoms with E-state index in [0.717, 1.165) is 17.4 Å². The maximum Gasteiger partial charge on any atom is 0.0159 e. The van der Waals surface area contributed by atoms with E-state index in [-0.39, 0.29) is 0 Å². The molecule has 2 heteroatoms. The molecule has 0 saturated heterocycles. The summed E-state index contributed by atoms with van der Waals surface area (Å²) in [5, 5.41) is 1.15. The largest absolute Gasteiger partial charge is 0.297 e. The van der Waals surface area contributed by atoms with Gasteiger partial charge in [0.25, 0.3) is 0 Å². The van der Waals surface area contributed by atoms with Crippen LogP contribution < -0.4 is 0 Å². The zero-order valence-electron chi connectivity index (χ0n) is 9.76. The van der Waals surface area contributed by atoms with Gasteiger partial charge < -0.3 is 0 Å². The summed E-state index contributed by atoms with van der Waals surface area (Å²) in [6, 6.07) is 1.84. The van der Waals surface area contributed by atoms with Crippen LogP contribution in [0, 0.1) is 0 Å². The SMILES string of the molecule is BrCCN(C1CCCCC1)C1CCCC1. The second-order valence-corrected chi connectivity index (χ2v) is 5.95. The van der Waals surface area contributed by atoms with Crippen LogP contribution in [0.15, 0.2) is 0 Å². The second kappa shape index (κ2) is 6.24. The van der Waals surface area contributed by atoms with Gasteiger partial charge in [0.1, 0.15) is 0 Å². The fourth-order valence-corrected chi connectivity index (χ4v) is 3.82. The highest BCUT2D eigenvalue weighted by Gasteiger charge is 2.28. The van der Waals surface area contributed by atoms with Crippen molar-refractivity contribution in [3.63, 3.8) is 0 Å². The van der Waals surface area contributed by atoms with Gasteiger partial charge in [0.15, 0.2) is 0 Å². The van der Waals surface area contributed by atoms with E-state index in [1.807, 2.05) is 0 Å². The lowest BCUT2D eigenvalue weighted by atomic mass is 9.93. The van der Waals surface area contributed by atoms with Crippen LogP contribution in [0.2, 0.25) is 0 Å². The average Bonchev–Trinajstić information content (AvgIpc) is 2.80. The van der Waals surface area contributed by atoms with E-state index in [0.29, 0.717) is 0 Å². The minimum atomic E-state index is 0.916. The fourth-order valence-electron chi connectivity index (χ4n) is 3.41. The normalized spacial score (nSPS) is 25.2. The highest BCUT2D eigenvalue weighted by atomic mass is 79.9. The molecule has 0 aromatic rings. The zero-order chi connectivity index (χ0) is 10.5. The molecule has 2 aliphatic rings. The Balaban J connectivity index is 1.90. The van der Waals surface area contributed by atoms with E-state index in [1.54, 1.807) is 0 Å². The monoisotopic (exact) mass is 273 g/mol. The van der Waals surface area contributed by atoms with Crippen molar-refractivity contribution in [3.05, 3.63) is 0 Å². The number of hydrogen-bond donors (Lipinski definition) is 0. The van der Waals surface area contributed by atoms with E-state index in [9.17, 15) is 0 Å². The Hall–Kier alpha value is 0.440. The van der Waals surface area contributed by atoms with Crippen LogP contribution in [-0.2, 0) is 0 Å². The van der Waals surface area contributed by atoms with Crippen molar-refractivity contribution in [2.24, 2.45) is 0 Å². The molecule has 0 amide bonds. The van der Waals surface area contributed by atoms with Gasteiger partial charge in [0.05, 0.1) is 0 Å². The van der Waals surface area contributed by atoms with Gasteiger partial charge in [-0.25, -0.2) is 0 Å². The van der Waals surface area contributed by atoms with Crippen LogP contribution in [-0.4, -0.2) is 28.9 Å². The molecule has 0 unspecified atom stereocenters. The molecule has 0 bridgehead atoms. The average molecular weight is 274 g/mol. The molecule has 0 radical (unpaired) electrons. The van der Waals surface area contributed by atoms with Gasteiger partial charge in [-0.05, 0) is 25.7 Å². The number of hydrogen-bond acceptors (Lipinski definition) is 1. The molecule has 0 atom stereocenters. The maximum atomic E-state index is 3.62. The Labute approximate surface area is 103 Å². The van der Waals surface area contributed by atoms with Gasteiger partial charge in [-0.3, -0.25) is 4.90 Å². The Morgan fingerprint density at radius 1 is 0.800 bits per heavy atom. The number of nitrogens with zero attached hydrogens (tertiary/aromatic N) is 1. The summed E-state index contributed by atoms with van der Waals surface area (Å²) in [7, 11) is 0. The first-order valence-electron chi connectivity index (χ1n) is 6.73. The molecular formula is C13H24BrN. The van der Waals surface area contributed by atoms with E-state index in [1.165, 1.54) is 64.3 Å². The standard InChI is InChI=1S/C13H24BrN/c14-10-11-15(13-8-4-5-9-13)12-6-2-1-3-7-12/h12-13H,1-11H2. The number of alkyl halides is 1. The molecule has 0 aliphatic heterocycles. The lowest BCUT2D eigenvalue weighted by Crippen LogP contribution is -2.44. The van der Waals surface area contributed by atoms with Crippen LogP contribution in [0.1, 0.15) is 57.8 Å². The minimum absolute atomic E-state index is 0.916. The van der Waals surface area contributed by atoms with Gasteiger partial charge in [-0.2, -0.15) is 0 Å². The van der Waals surface area contributed by atoms with Gasteiger partial charge in [-0.1, -0.05) is 48.0 Å². The summed E-state index contributed by atoms with van der Waals surface area (Å²) >= 11 is 3.62. The lowest BCUT2D eigenvalue weighted by molar-refractivity contribution is 0.114. The van der Waals surface area contributed by atoms with Crippen LogP contribution in [0.25, 0.3) is 0 Å². The Kier molecular flexibility index (Phi) is 4.96. The van der Waals surface area contributed by atoms with Gasteiger partial charge in [0.2, 0.25) is 0 Å². The molecule has 0 heterocycles. The van der Waals surface area contributed by atoms with Gasteiger partial charge in [0, 0.05) is 24.0 Å². The van der Waals surface area contributed by atoms with Crippen LogP contribution in [0.3, 0.4) is 0 Å². The molecule has 2 aliphatic carbocycles. The molecule has 0 aromatic carbocycles. The van der Waals surface area contributed by atoms with Crippen LogP contribution in [0.5, 0.6) is 0 Å². The summed E-state index contributed by atoms with van der Waals surface area (Å²) < 4.78 is 0. The molecule has 2 rings (SSSR count). The van der Waals surface area contributed by atoms with E-state index in [4.69, 9.17) is 0 Å².